The van der Waals surface area contributed by atoms with Crippen LogP contribution in [0.15, 0.2) is 0 Å². The fourth-order valence-corrected chi connectivity index (χ4v) is 6.24. The van der Waals surface area contributed by atoms with E-state index in [1.54, 1.807) is 0 Å². The average Bonchev–Trinajstić information content (AvgIpc) is 2.58. The fourth-order valence-electron chi connectivity index (χ4n) is 6.24. The highest BCUT2D eigenvalue weighted by molar-refractivity contribution is 5.06. The van der Waals surface area contributed by atoms with Crippen molar-refractivity contribution in [2.45, 2.75) is 63.3 Å². The largest absolute Gasteiger partial charge is 0.317 e. The van der Waals surface area contributed by atoms with Crippen molar-refractivity contribution in [3.05, 3.63) is 0 Å². The van der Waals surface area contributed by atoms with Gasteiger partial charge in [0, 0.05) is 18.6 Å². The first-order valence-corrected chi connectivity index (χ1v) is 9.76. The lowest BCUT2D eigenvalue weighted by Crippen LogP contribution is -2.66. The van der Waals surface area contributed by atoms with Gasteiger partial charge in [-0.25, -0.2) is 0 Å². The van der Waals surface area contributed by atoms with E-state index in [1.807, 2.05) is 0 Å². The fraction of sp³-hybridized carbons (Fsp3) is 1.00. The highest BCUT2D eigenvalue weighted by Crippen LogP contribution is 2.52. The second kappa shape index (κ2) is 6.39. The number of hydrogen-bond acceptors (Lipinski definition) is 4. The molecule has 2 spiro atoms. The van der Waals surface area contributed by atoms with Gasteiger partial charge in [0.2, 0.25) is 0 Å². The highest BCUT2D eigenvalue weighted by Gasteiger charge is 2.52. The Kier molecular flexibility index (Phi) is 4.46. The van der Waals surface area contributed by atoms with Crippen molar-refractivity contribution in [1.82, 2.24) is 21.5 Å². The summed E-state index contributed by atoms with van der Waals surface area (Å²) in [6.45, 7) is 6.10. The molecule has 0 bridgehead atoms. The van der Waals surface area contributed by atoms with Gasteiger partial charge in [0.15, 0.2) is 0 Å². The van der Waals surface area contributed by atoms with Gasteiger partial charge in [0.1, 0.15) is 0 Å². The van der Waals surface area contributed by atoms with Crippen LogP contribution in [-0.2, 0) is 0 Å². The van der Waals surface area contributed by atoms with Crippen LogP contribution >= 0.6 is 0 Å². The van der Waals surface area contributed by atoms with E-state index in [0.29, 0.717) is 11.0 Å². The summed E-state index contributed by atoms with van der Waals surface area (Å²) in [5, 5.41) is 7.34. The molecule has 3 unspecified atom stereocenters. The van der Waals surface area contributed by atoms with E-state index in [2.05, 4.69) is 21.5 Å². The molecule has 0 aromatic carbocycles. The lowest BCUT2D eigenvalue weighted by atomic mass is 9.54. The molecule has 3 heterocycles. The maximum Gasteiger partial charge on any atom is 0.0355 e. The number of nitrogens with one attached hydrogen (secondary N) is 4. The van der Waals surface area contributed by atoms with Crippen molar-refractivity contribution in [1.29, 1.82) is 0 Å². The standard InChI is InChI=1S/C18H34N4/c1-2-6-18(7-3-10-21-22-18)16(4-1)15-5-11-20-14-17(15)8-12-19-13-9-17/h15-16,19-22H,1-14H2. The summed E-state index contributed by atoms with van der Waals surface area (Å²) in [6.07, 6.45) is 12.6. The summed E-state index contributed by atoms with van der Waals surface area (Å²) in [7, 11) is 0. The van der Waals surface area contributed by atoms with Crippen LogP contribution < -0.4 is 21.5 Å². The van der Waals surface area contributed by atoms with Gasteiger partial charge in [-0.05, 0) is 81.8 Å². The molecule has 0 aromatic heterocycles. The van der Waals surface area contributed by atoms with Crippen molar-refractivity contribution in [3.8, 4) is 0 Å². The Hall–Kier alpha value is -0.160. The minimum Gasteiger partial charge on any atom is -0.317 e. The van der Waals surface area contributed by atoms with Gasteiger partial charge in [-0.15, -0.1) is 0 Å². The van der Waals surface area contributed by atoms with Crippen LogP contribution in [0.3, 0.4) is 0 Å². The van der Waals surface area contributed by atoms with Gasteiger partial charge in [-0.1, -0.05) is 12.8 Å². The minimum atomic E-state index is 0.399. The van der Waals surface area contributed by atoms with Crippen LogP contribution in [0, 0.1) is 17.3 Å². The molecular weight excluding hydrogens is 272 g/mol. The molecule has 3 aliphatic heterocycles. The zero-order valence-electron chi connectivity index (χ0n) is 14.1. The molecule has 22 heavy (non-hydrogen) atoms. The molecule has 4 fully saturated rings. The minimum absolute atomic E-state index is 0.399. The summed E-state index contributed by atoms with van der Waals surface area (Å²) in [5.74, 6) is 1.80. The van der Waals surface area contributed by atoms with Crippen LogP contribution in [0.4, 0.5) is 0 Å². The topological polar surface area (TPSA) is 48.1 Å². The molecule has 0 radical (unpaired) electrons. The van der Waals surface area contributed by atoms with E-state index in [4.69, 9.17) is 0 Å². The molecule has 0 aromatic rings. The van der Waals surface area contributed by atoms with Crippen LogP contribution in [0.5, 0.6) is 0 Å². The quantitative estimate of drug-likeness (QED) is 0.596. The zero-order chi connectivity index (χ0) is 14.9. The maximum atomic E-state index is 3.82. The van der Waals surface area contributed by atoms with Gasteiger partial charge in [0.25, 0.3) is 0 Å². The van der Waals surface area contributed by atoms with E-state index < -0.39 is 0 Å². The van der Waals surface area contributed by atoms with Crippen LogP contribution in [-0.4, -0.2) is 38.3 Å². The summed E-state index contributed by atoms with van der Waals surface area (Å²) in [5.41, 5.74) is 8.31. The summed E-state index contributed by atoms with van der Waals surface area (Å²) in [6, 6.07) is 0. The second-order valence-corrected chi connectivity index (χ2v) is 8.35. The van der Waals surface area contributed by atoms with E-state index in [0.717, 1.165) is 18.4 Å². The molecule has 4 nitrogen and oxygen atoms in total. The van der Waals surface area contributed by atoms with Gasteiger partial charge in [0.05, 0.1) is 0 Å². The Bertz CT molecular complexity index is 319. The first-order chi connectivity index (χ1) is 10.8. The lowest BCUT2D eigenvalue weighted by molar-refractivity contribution is -0.0410. The van der Waals surface area contributed by atoms with Crippen molar-refractivity contribution in [2.24, 2.45) is 17.3 Å². The van der Waals surface area contributed by atoms with Crippen molar-refractivity contribution in [3.63, 3.8) is 0 Å². The third-order valence-corrected chi connectivity index (χ3v) is 7.34. The van der Waals surface area contributed by atoms with Crippen molar-refractivity contribution < 1.29 is 0 Å². The maximum absolute atomic E-state index is 3.82. The predicted octanol–water partition coefficient (Wildman–Crippen LogP) is 1.78. The molecule has 4 N–H and O–H groups in total. The Morgan fingerprint density at radius 3 is 2.36 bits per heavy atom. The normalized spacial score (nSPS) is 42.5. The summed E-state index contributed by atoms with van der Waals surface area (Å²) in [4.78, 5) is 0. The van der Waals surface area contributed by atoms with Gasteiger partial charge < -0.3 is 10.6 Å². The van der Waals surface area contributed by atoms with E-state index >= 15 is 0 Å². The van der Waals surface area contributed by atoms with Crippen LogP contribution in [0.2, 0.25) is 0 Å². The number of piperidine rings is 2. The number of hydrazine groups is 1. The smallest absolute Gasteiger partial charge is 0.0355 e. The van der Waals surface area contributed by atoms with Crippen LogP contribution in [0.25, 0.3) is 0 Å². The highest BCUT2D eigenvalue weighted by atomic mass is 15.4. The predicted molar refractivity (Wildman–Crippen MR) is 90.6 cm³/mol. The molecule has 0 amide bonds. The monoisotopic (exact) mass is 306 g/mol. The molecule has 4 heteroatoms. The molecule has 1 aliphatic carbocycles. The Morgan fingerprint density at radius 1 is 0.682 bits per heavy atom. The van der Waals surface area contributed by atoms with Gasteiger partial charge in [-0.2, -0.15) is 0 Å². The van der Waals surface area contributed by atoms with E-state index in [1.165, 1.54) is 84.0 Å². The molecular formula is C18H34N4. The molecule has 126 valence electrons. The molecule has 3 atom stereocenters. The summed E-state index contributed by atoms with van der Waals surface area (Å²) >= 11 is 0. The average molecular weight is 306 g/mol. The van der Waals surface area contributed by atoms with Crippen molar-refractivity contribution >= 4 is 0 Å². The van der Waals surface area contributed by atoms with E-state index in [-0.39, 0.29) is 0 Å². The van der Waals surface area contributed by atoms with E-state index in [9.17, 15) is 0 Å². The Balaban J connectivity index is 1.61. The van der Waals surface area contributed by atoms with Gasteiger partial charge in [-0.3, -0.25) is 10.9 Å². The lowest BCUT2D eigenvalue weighted by Gasteiger charge is -2.57. The SMILES string of the molecule is C1CCC2(CCCNN2)C(C2CCNCC23CCNCC3)C1. The number of rotatable bonds is 1. The summed E-state index contributed by atoms with van der Waals surface area (Å²) < 4.78 is 0. The zero-order valence-corrected chi connectivity index (χ0v) is 14.1. The molecule has 3 saturated heterocycles. The molecule has 4 aliphatic rings. The Labute approximate surface area is 135 Å². The molecule has 4 rings (SSSR count). The van der Waals surface area contributed by atoms with Crippen molar-refractivity contribution in [2.75, 3.05) is 32.7 Å². The third-order valence-electron chi connectivity index (χ3n) is 7.34. The van der Waals surface area contributed by atoms with Gasteiger partial charge >= 0.3 is 0 Å². The first kappa shape index (κ1) is 15.4. The number of hydrogen-bond donors (Lipinski definition) is 4. The first-order valence-electron chi connectivity index (χ1n) is 9.76. The second-order valence-electron chi connectivity index (χ2n) is 8.35. The Morgan fingerprint density at radius 2 is 1.55 bits per heavy atom. The molecule has 1 saturated carbocycles. The van der Waals surface area contributed by atoms with Crippen LogP contribution in [0.1, 0.15) is 57.8 Å². The third kappa shape index (κ3) is 2.62.